The second-order valence-corrected chi connectivity index (χ2v) is 9.16. The van der Waals surface area contributed by atoms with E-state index in [-0.39, 0.29) is 18.4 Å². The van der Waals surface area contributed by atoms with Gasteiger partial charge in [-0.25, -0.2) is 0 Å². The van der Waals surface area contributed by atoms with E-state index in [0.717, 1.165) is 60.9 Å². The van der Waals surface area contributed by atoms with E-state index in [1.54, 1.807) is 6.20 Å². The fourth-order valence-electron chi connectivity index (χ4n) is 4.87. The molecule has 2 aliphatic rings. The van der Waals surface area contributed by atoms with Crippen LogP contribution in [0.4, 0.5) is 11.4 Å². The van der Waals surface area contributed by atoms with Crippen molar-refractivity contribution < 1.29 is 14.3 Å². The average Bonchev–Trinajstić information content (AvgIpc) is 2.89. The van der Waals surface area contributed by atoms with E-state index in [2.05, 4.69) is 15.2 Å². The molecule has 7 nitrogen and oxygen atoms in total. The lowest BCUT2D eigenvalue weighted by atomic mass is 9.93. The molecule has 0 bridgehead atoms. The number of anilines is 2. The van der Waals surface area contributed by atoms with Crippen molar-refractivity contribution in [3.05, 3.63) is 83.7 Å². The lowest BCUT2D eigenvalue weighted by Crippen LogP contribution is -2.45. The van der Waals surface area contributed by atoms with Gasteiger partial charge in [-0.15, -0.1) is 0 Å². The number of amides is 2. The number of piperidine rings is 1. The van der Waals surface area contributed by atoms with Gasteiger partial charge >= 0.3 is 0 Å². The second-order valence-electron chi connectivity index (χ2n) is 9.16. The number of fused-ring (bicyclic) bond motifs is 1. The molecule has 1 saturated heterocycles. The van der Waals surface area contributed by atoms with Crippen LogP contribution in [0.1, 0.15) is 40.4 Å². The molecule has 2 aliphatic heterocycles. The fraction of sp³-hybridized carbons (Fsp3) is 0.321. The van der Waals surface area contributed by atoms with E-state index < -0.39 is 0 Å². The first-order valence-corrected chi connectivity index (χ1v) is 12.2. The summed E-state index contributed by atoms with van der Waals surface area (Å²) in [6.45, 7) is 5.42. The monoisotopic (exact) mass is 470 g/mol. The standard InChI is InChI=1S/C28H30N4O3/c1-20-6-2-3-7-23(20)28(34)30-22-10-13-29-24(18-22)21-11-14-31(15-12-21)16-17-32-25-8-4-5-9-26(25)35-19-27(32)33/h2-10,13,18,21H,11-12,14-17,19H2,1H3,(H,29,30,34). The Bertz CT molecular complexity index is 1220. The number of para-hydroxylation sites is 2. The Morgan fingerprint density at radius 2 is 1.83 bits per heavy atom. The van der Waals surface area contributed by atoms with E-state index in [9.17, 15) is 9.59 Å². The largest absolute Gasteiger partial charge is 0.482 e. The zero-order valence-corrected chi connectivity index (χ0v) is 19.9. The van der Waals surface area contributed by atoms with E-state index in [0.29, 0.717) is 18.0 Å². The topological polar surface area (TPSA) is 74.8 Å². The average molecular weight is 471 g/mol. The van der Waals surface area contributed by atoms with Crippen molar-refractivity contribution >= 4 is 23.2 Å². The molecule has 0 atom stereocenters. The Morgan fingerprint density at radius 1 is 1.06 bits per heavy atom. The van der Waals surface area contributed by atoms with Crippen molar-refractivity contribution in [3.8, 4) is 5.75 Å². The summed E-state index contributed by atoms with van der Waals surface area (Å²) in [5.74, 6) is 1.03. The van der Waals surface area contributed by atoms with Crippen molar-refractivity contribution in [1.29, 1.82) is 0 Å². The van der Waals surface area contributed by atoms with Gasteiger partial charge in [0, 0.05) is 42.1 Å². The highest BCUT2D eigenvalue weighted by Crippen LogP contribution is 2.32. The van der Waals surface area contributed by atoms with Crippen LogP contribution in [0.25, 0.3) is 0 Å². The molecule has 2 amide bonds. The number of benzene rings is 2. The number of rotatable bonds is 6. The van der Waals surface area contributed by atoms with Crippen molar-refractivity contribution in [3.63, 3.8) is 0 Å². The number of carbonyl (C=O) groups is 2. The summed E-state index contributed by atoms with van der Waals surface area (Å²) >= 11 is 0. The molecule has 35 heavy (non-hydrogen) atoms. The second kappa shape index (κ2) is 10.3. The Hall–Kier alpha value is -3.71. The van der Waals surface area contributed by atoms with Gasteiger partial charge < -0.3 is 19.9 Å². The Morgan fingerprint density at radius 3 is 2.66 bits per heavy atom. The van der Waals surface area contributed by atoms with Crippen LogP contribution in [0.15, 0.2) is 66.9 Å². The first kappa shape index (κ1) is 23.1. The van der Waals surface area contributed by atoms with Crippen LogP contribution in [-0.2, 0) is 4.79 Å². The minimum atomic E-state index is -0.102. The summed E-state index contributed by atoms with van der Waals surface area (Å²) < 4.78 is 5.55. The maximum Gasteiger partial charge on any atom is 0.265 e. The lowest BCUT2D eigenvalue weighted by molar-refractivity contribution is -0.121. The minimum absolute atomic E-state index is 0.00680. The predicted octanol–water partition coefficient (Wildman–Crippen LogP) is 4.25. The smallest absolute Gasteiger partial charge is 0.265 e. The molecule has 0 spiro atoms. The van der Waals surface area contributed by atoms with Crippen molar-refractivity contribution in [2.24, 2.45) is 0 Å². The van der Waals surface area contributed by atoms with Gasteiger partial charge in [0.25, 0.3) is 11.8 Å². The predicted molar refractivity (Wildman–Crippen MR) is 136 cm³/mol. The zero-order chi connectivity index (χ0) is 24.2. The third kappa shape index (κ3) is 5.20. The van der Waals surface area contributed by atoms with Gasteiger partial charge in [-0.3, -0.25) is 14.6 Å². The summed E-state index contributed by atoms with van der Waals surface area (Å²) in [5.41, 5.74) is 4.28. The Balaban J connectivity index is 1.16. The van der Waals surface area contributed by atoms with Gasteiger partial charge in [0.05, 0.1) is 5.69 Å². The summed E-state index contributed by atoms with van der Waals surface area (Å²) in [6, 6.07) is 19.1. The molecule has 3 heterocycles. The number of pyridine rings is 1. The van der Waals surface area contributed by atoms with Gasteiger partial charge in [-0.1, -0.05) is 30.3 Å². The van der Waals surface area contributed by atoms with Crippen molar-refractivity contribution in [2.45, 2.75) is 25.7 Å². The van der Waals surface area contributed by atoms with Crippen molar-refractivity contribution in [1.82, 2.24) is 9.88 Å². The molecule has 5 rings (SSSR count). The number of carbonyl (C=O) groups excluding carboxylic acids is 2. The molecule has 3 aromatic rings. The number of nitrogens with zero attached hydrogens (tertiary/aromatic N) is 3. The first-order chi connectivity index (χ1) is 17.1. The summed E-state index contributed by atoms with van der Waals surface area (Å²) in [7, 11) is 0. The van der Waals surface area contributed by atoms with Gasteiger partial charge in [0.1, 0.15) is 5.75 Å². The van der Waals surface area contributed by atoms with Gasteiger partial charge in [-0.05, 0) is 68.8 Å². The highest BCUT2D eigenvalue weighted by Gasteiger charge is 2.27. The molecular weight excluding hydrogens is 440 g/mol. The van der Waals surface area contributed by atoms with Gasteiger partial charge in [-0.2, -0.15) is 0 Å². The fourth-order valence-corrected chi connectivity index (χ4v) is 4.87. The molecule has 180 valence electrons. The van der Waals surface area contributed by atoms with Crippen LogP contribution in [0.5, 0.6) is 5.75 Å². The number of aryl methyl sites for hydroxylation is 1. The molecule has 2 aromatic carbocycles. The zero-order valence-electron chi connectivity index (χ0n) is 19.9. The number of hydrogen-bond acceptors (Lipinski definition) is 5. The van der Waals surface area contributed by atoms with E-state index in [4.69, 9.17) is 4.74 Å². The summed E-state index contributed by atoms with van der Waals surface area (Å²) in [6.07, 6.45) is 3.77. The molecule has 0 saturated carbocycles. The third-order valence-corrected chi connectivity index (χ3v) is 6.88. The summed E-state index contributed by atoms with van der Waals surface area (Å²) in [4.78, 5) is 34.0. The Kier molecular flexibility index (Phi) is 6.77. The van der Waals surface area contributed by atoms with Gasteiger partial charge in [0.15, 0.2) is 6.61 Å². The molecule has 7 heteroatoms. The van der Waals surface area contributed by atoms with Crippen molar-refractivity contribution in [2.75, 3.05) is 43.0 Å². The maximum absolute atomic E-state index is 12.7. The molecular formula is C28H30N4O3. The van der Waals surface area contributed by atoms with Crippen LogP contribution in [-0.4, -0.2) is 54.5 Å². The van der Waals surface area contributed by atoms with Crippen LogP contribution in [0, 0.1) is 6.92 Å². The number of aromatic nitrogens is 1. The molecule has 1 N–H and O–H groups in total. The van der Waals surface area contributed by atoms with Crippen LogP contribution in [0.3, 0.4) is 0 Å². The lowest BCUT2D eigenvalue weighted by Gasteiger charge is -2.35. The number of nitrogens with one attached hydrogen (secondary N) is 1. The van der Waals surface area contributed by atoms with Gasteiger partial charge in [0.2, 0.25) is 0 Å². The highest BCUT2D eigenvalue weighted by atomic mass is 16.5. The van der Waals surface area contributed by atoms with E-state index in [1.165, 1.54) is 0 Å². The van der Waals surface area contributed by atoms with E-state index >= 15 is 0 Å². The number of likely N-dealkylation sites (tertiary alicyclic amines) is 1. The number of hydrogen-bond donors (Lipinski definition) is 1. The highest BCUT2D eigenvalue weighted by molar-refractivity contribution is 6.05. The van der Waals surface area contributed by atoms with Crippen LogP contribution in [0.2, 0.25) is 0 Å². The molecule has 1 aromatic heterocycles. The Labute approximate surface area is 205 Å². The molecule has 1 fully saturated rings. The number of ether oxygens (including phenoxy) is 1. The minimum Gasteiger partial charge on any atom is -0.482 e. The molecule has 0 aliphatic carbocycles. The van der Waals surface area contributed by atoms with Crippen LogP contribution < -0.4 is 15.0 Å². The molecule has 0 unspecified atom stereocenters. The normalized spacial score (nSPS) is 16.5. The van der Waals surface area contributed by atoms with E-state index in [1.807, 2.05) is 72.5 Å². The first-order valence-electron chi connectivity index (χ1n) is 12.2. The third-order valence-electron chi connectivity index (χ3n) is 6.88. The quantitative estimate of drug-likeness (QED) is 0.583. The van der Waals surface area contributed by atoms with Crippen LogP contribution >= 0.6 is 0 Å². The SMILES string of the molecule is Cc1ccccc1C(=O)Nc1ccnc(C2CCN(CCN3C(=O)COc4ccccc43)CC2)c1. The summed E-state index contributed by atoms with van der Waals surface area (Å²) in [5, 5.41) is 3.02. The molecule has 0 radical (unpaired) electrons. The maximum atomic E-state index is 12.7.